The molecule has 2 aliphatic heterocycles. The van der Waals surface area contributed by atoms with Gasteiger partial charge in [0.05, 0.1) is 31.0 Å². The van der Waals surface area contributed by atoms with Crippen LogP contribution in [-0.4, -0.2) is 63.9 Å². The highest BCUT2D eigenvalue weighted by atomic mass is 32.1. The maximum absolute atomic E-state index is 5.91. The molecule has 6 rings (SSSR count). The van der Waals surface area contributed by atoms with E-state index in [4.69, 9.17) is 21.9 Å². The van der Waals surface area contributed by atoms with Crippen LogP contribution in [0.4, 0.5) is 0 Å². The van der Waals surface area contributed by atoms with Crippen LogP contribution < -0.4 is 5.32 Å². The van der Waals surface area contributed by atoms with Crippen molar-refractivity contribution in [2.75, 3.05) is 39.4 Å². The Labute approximate surface area is 217 Å². The molecule has 4 aromatic rings. The van der Waals surface area contributed by atoms with Gasteiger partial charge in [0.1, 0.15) is 0 Å². The molecule has 0 aliphatic carbocycles. The zero-order valence-corrected chi connectivity index (χ0v) is 21.1. The van der Waals surface area contributed by atoms with Gasteiger partial charge in [-0.2, -0.15) is 0 Å². The highest BCUT2D eigenvalue weighted by Gasteiger charge is 2.41. The second-order valence-corrected chi connectivity index (χ2v) is 9.85. The van der Waals surface area contributed by atoms with Crippen LogP contribution in [0, 0.1) is 0 Å². The van der Waals surface area contributed by atoms with Crippen molar-refractivity contribution < 1.29 is 4.74 Å². The van der Waals surface area contributed by atoms with Crippen molar-refractivity contribution in [2.24, 2.45) is 0 Å². The Bertz CT molecular complexity index is 1330. The number of morpholine rings is 1. The Balaban J connectivity index is 1.33. The fraction of sp³-hybridized carbons (Fsp3) is 0.310. The molecule has 0 saturated carbocycles. The number of hydrogen-bond acceptors (Lipinski definition) is 4. The van der Waals surface area contributed by atoms with Crippen molar-refractivity contribution in [3.05, 3.63) is 96.6 Å². The van der Waals surface area contributed by atoms with E-state index in [1.165, 1.54) is 16.5 Å². The molecule has 0 radical (unpaired) electrons. The molecule has 2 aromatic heterocycles. The Kier molecular flexibility index (Phi) is 6.68. The van der Waals surface area contributed by atoms with Gasteiger partial charge in [0.2, 0.25) is 0 Å². The molecule has 0 amide bonds. The number of nitrogens with one attached hydrogen (secondary N) is 1. The van der Waals surface area contributed by atoms with Gasteiger partial charge in [-0.05, 0) is 65.8 Å². The van der Waals surface area contributed by atoms with Gasteiger partial charge in [-0.3, -0.25) is 9.88 Å². The van der Waals surface area contributed by atoms with E-state index < -0.39 is 0 Å². The van der Waals surface area contributed by atoms with Crippen LogP contribution in [0.5, 0.6) is 0 Å². The van der Waals surface area contributed by atoms with Crippen molar-refractivity contribution in [2.45, 2.75) is 18.5 Å². The van der Waals surface area contributed by atoms with E-state index in [0.29, 0.717) is 0 Å². The van der Waals surface area contributed by atoms with Crippen LogP contribution in [0.15, 0.2) is 85.2 Å². The maximum Gasteiger partial charge on any atom is 0.170 e. The second-order valence-electron chi connectivity index (χ2n) is 9.46. The lowest BCUT2D eigenvalue weighted by atomic mass is 10.0. The summed E-state index contributed by atoms with van der Waals surface area (Å²) in [5.74, 6) is 0. The normalized spacial score (nSPS) is 20.7. The van der Waals surface area contributed by atoms with E-state index in [0.717, 1.165) is 62.3 Å². The largest absolute Gasteiger partial charge is 0.379 e. The van der Waals surface area contributed by atoms with Gasteiger partial charge in [0.15, 0.2) is 5.11 Å². The third-order valence-electron chi connectivity index (χ3n) is 7.27. The molecule has 2 aromatic carbocycles. The predicted molar refractivity (Wildman–Crippen MR) is 147 cm³/mol. The van der Waals surface area contributed by atoms with Crippen LogP contribution in [-0.2, 0) is 4.74 Å². The molecular formula is C29H31N5OS. The number of rotatable bonds is 7. The van der Waals surface area contributed by atoms with Crippen molar-refractivity contribution in [3.8, 4) is 5.69 Å². The molecule has 2 aliphatic rings. The number of hydrogen-bond donors (Lipinski definition) is 1. The molecular weight excluding hydrogens is 466 g/mol. The highest BCUT2D eigenvalue weighted by Crippen LogP contribution is 2.39. The minimum atomic E-state index is -0.0174. The summed E-state index contributed by atoms with van der Waals surface area (Å²) in [5.41, 5.74) is 3.37. The average molecular weight is 498 g/mol. The Hall–Kier alpha value is -3.26. The number of ether oxygens (including phenoxy) is 1. The molecule has 0 spiro atoms. The topological polar surface area (TPSA) is 45.6 Å². The monoisotopic (exact) mass is 497 g/mol. The quantitative estimate of drug-likeness (QED) is 0.373. The zero-order chi connectivity index (χ0) is 24.3. The van der Waals surface area contributed by atoms with Crippen molar-refractivity contribution in [3.63, 3.8) is 0 Å². The molecule has 2 fully saturated rings. The van der Waals surface area contributed by atoms with Crippen LogP contribution >= 0.6 is 12.2 Å². The molecule has 1 N–H and O–H groups in total. The number of aromatic nitrogens is 2. The first-order chi connectivity index (χ1) is 17.8. The van der Waals surface area contributed by atoms with Gasteiger partial charge in [-0.15, -0.1) is 0 Å². The summed E-state index contributed by atoms with van der Waals surface area (Å²) >= 11 is 5.91. The van der Waals surface area contributed by atoms with E-state index in [1.54, 1.807) is 0 Å². The minimum Gasteiger partial charge on any atom is -0.379 e. The summed E-state index contributed by atoms with van der Waals surface area (Å²) in [6.45, 7) is 5.61. The smallest absolute Gasteiger partial charge is 0.170 e. The number of pyridine rings is 1. The lowest BCUT2D eigenvalue weighted by Crippen LogP contribution is -2.39. The highest BCUT2D eigenvalue weighted by molar-refractivity contribution is 7.80. The van der Waals surface area contributed by atoms with Crippen LogP contribution in [0.1, 0.15) is 29.9 Å². The molecule has 0 unspecified atom stereocenters. The molecule has 2 atom stereocenters. The van der Waals surface area contributed by atoms with Crippen molar-refractivity contribution >= 4 is 28.1 Å². The van der Waals surface area contributed by atoms with E-state index in [2.05, 4.69) is 86.5 Å². The average Bonchev–Trinajstić information content (AvgIpc) is 3.54. The summed E-state index contributed by atoms with van der Waals surface area (Å²) in [4.78, 5) is 9.55. The number of benzene rings is 2. The second kappa shape index (κ2) is 10.4. The van der Waals surface area contributed by atoms with E-state index in [-0.39, 0.29) is 12.1 Å². The van der Waals surface area contributed by atoms with Crippen LogP contribution in [0.2, 0.25) is 0 Å². The fourth-order valence-electron chi connectivity index (χ4n) is 5.45. The SMILES string of the molecule is S=C1N[C@H](c2ccccn2)[C@H](c2cccn2-c2ccc3ccccc3c2)N1CCCN1CCOCC1. The van der Waals surface area contributed by atoms with Gasteiger partial charge in [0, 0.05) is 50.0 Å². The zero-order valence-electron chi connectivity index (χ0n) is 20.3. The first-order valence-electron chi connectivity index (χ1n) is 12.7. The lowest BCUT2D eigenvalue weighted by Gasteiger charge is -2.31. The summed E-state index contributed by atoms with van der Waals surface area (Å²) in [5, 5.41) is 6.88. The third-order valence-corrected chi connectivity index (χ3v) is 7.62. The Morgan fingerprint density at radius 2 is 1.75 bits per heavy atom. The number of fused-ring (bicyclic) bond motifs is 1. The van der Waals surface area contributed by atoms with Crippen molar-refractivity contribution in [1.82, 2.24) is 24.7 Å². The summed E-state index contributed by atoms with van der Waals surface area (Å²) in [7, 11) is 0. The molecule has 0 bridgehead atoms. The first-order valence-corrected chi connectivity index (χ1v) is 13.1. The molecule has 7 heteroatoms. The summed E-state index contributed by atoms with van der Waals surface area (Å²) < 4.78 is 7.82. The van der Waals surface area contributed by atoms with Gasteiger partial charge < -0.3 is 19.5 Å². The van der Waals surface area contributed by atoms with E-state index in [1.807, 2.05) is 18.3 Å². The molecule has 2 saturated heterocycles. The standard InChI is InChI=1S/C29H31N5OS/c36-29-31-27(25-9-3-4-13-30-25)28(34(29)16-6-14-32-17-19-35-20-18-32)26-10-5-15-33(26)24-12-11-22-7-1-2-8-23(22)21-24/h1-5,7-13,15,21,27-28H,6,14,16-20H2,(H,31,36)/t27-,28+/m1/s1. The molecule has 4 heterocycles. The molecule has 6 nitrogen and oxygen atoms in total. The maximum atomic E-state index is 5.91. The van der Waals surface area contributed by atoms with Gasteiger partial charge in [-0.1, -0.05) is 36.4 Å². The van der Waals surface area contributed by atoms with E-state index >= 15 is 0 Å². The van der Waals surface area contributed by atoms with Crippen molar-refractivity contribution in [1.29, 1.82) is 0 Å². The number of thiocarbonyl (C=S) groups is 1. The van der Waals surface area contributed by atoms with Crippen LogP contribution in [0.3, 0.4) is 0 Å². The molecule has 36 heavy (non-hydrogen) atoms. The van der Waals surface area contributed by atoms with Crippen LogP contribution in [0.25, 0.3) is 16.5 Å². The Morgan fingerprint density at radius 1 is 0.917 bits per heavy atom. The van der Waals surface area contributed by atoms with Gasteiger partial charge >= 0.3 is 0 Å². The van der Waals surface area contributed by atoms with Gasteiger partial charge in [0.25, 0.3) is 0 Å². The Morgan fingerprint density at radius 3 is 2.58 bits per heavy atom. The lowest BCUT2D eigenvalue weighted by molar-refractivity contribution is 0.0365. The summed E-state index contributed by atoms with van der Waals surface area (Å²) in [6, 6.07) is 25.6. The van der Waals surface area contributed by atoms with Gasteiger partial charge in [-0.25, -0.2) is 0 Å². The third kappa shape index (κ3) is 4.62. The minimum absolute atomic E-state index is 0.0174. The number of nitrogens with zero attached hydrogens (tertiary/aromatic N) is 4. The van der Waals surface area contributed by atoms with E-state index in [9.17, 15) is 0 Å². The summed E-state index contributed by atoms with van der Waals surface area (Å²) in [6.07, 6.45) is 5.06. The molecule has 184 valence electrons. The fourth-order valence-corrected chi connectivity index (χ4v) is 5.79. The first kappa shape index (κ1) is 23.2. The predicted octanol–water partition coefficient (Wildman–Crippen LogP) is 4.72.